The van der Waals surface area contributed by atoms with E-state index < -0.39 is 0 Å². The molecule has 2 aromatic rings. The maximum absolute atomic E-state index is 13.6. The second-order valence-corrected chi connectivity index (χ2v) is 5.66. The SMILES string of the molecule is CN(C)C(=O)c1ccc(OCc2cc(Br)ccc2F)cc1. The van der Waals surface area contributed by atoms with Gasteiger partial charge in [-0.15, -0.1) is 0 Å². The van der Waals surface area contributed by atoms with Gasteiger partial charge in [0.05, 0.1) is 0 Å². The van der Waals surface area contributed by atoms with Gasteiger partial charge in [-0.05, 0) is 42.5 Å². The highest BCUT2D eigenvalue weighted by atomic mass is 79.9. The summed E-state index contributed by atoms with van der Waals surface area (Å²) in [5, 5.41) is 0. The number of nitrogens with zero attached hydrogens (tertiary/aromatic N) is 1. The van der Waals surface area contributed by atoms with Crippen molar-refractivity contribution in [3.05, 3.63) is 63.9 Å². The molecule has 0 N–H and O–H groups in total. The van der Waals surface area contributed by atoms with Crippen LogP contribution in [0, 0.1) is 5.82 Å². The zero-order chi connectivity index (χ0) is 15.4. The quantitative estimate of drug-likeness (QED) is 0.836. The van der Waals surface area contributed by atoms with E-state index in [2.05, 4.69) is 15.9 Å². The highest BCUT2D eigenvalue weighted by Crippen LogP contribution is 2.19. The van der Waals surface area contributed by atoms with Crippen molar-refractivity contribution in [3.63, 3.8) is 0 Å². The van der Waals surface area contributed by atoms with Gasteiger partial charge >= 0.3 is 0 Å². The highest BCUT2D eigenvalue weighted by Gasteiger charge is 2.08. The second-order valence-electron chi connectivity index (χ2n) is 4.75. The molecule has 0 aliphatic rings. The number of amides is 1. The van der Waals surface area contributed by atoms with Crippen molar-refractivity contribution in [1.82, 2.24) is 4.90 Å². The molecule has 0 bridgehead atoms. The van der Waals surface area contributed by atoms with Crippen LogP contribution in [0.15, 0.2) is 46.9 Å². The average molecular weight is 352 g/mol. The number of hydrogen-bond acceptors (Lipinski definition) is 2. The Morgan fingerprint density at radius 2 is 1.86 bits per heavy atom. The summed E-state index contributed by atoms with van der Waals surface area (Å²) in [4.78, 5) is 13.3. The van der Waals surface area contributed by atoms with E-state index in [1.165, 1.54) is 11.0 Å². The summed E-state index contributed by atoms with van der Waals surface area (Å²) in [5.41, 5.74) is 1.05. The van der Waals surface area contributed by atoms with Gasteiger partial charge in [0.2, 0.25) is 0 Å². The standard InChI is InChI=1S/C16H15BrFNO2/c1-19(2)16(20)11-3-6-14(7-4-11)21-10-12-9-13(17)5-8-15(12)18/h3-9H,10H2,1-2H3. The lowest BCUT2D eigenvalue weighted by atomic mass is 10.2. The van der Waals surface area contributed by atoms with Crippen LogP contribution in [-0.4, -0.2) is 24.9 Å². The minimum Gasteiger partial charge on any atom is -0.489 e. The second kappa shape index (κ2) is 6.72. The average Bonchev–Trinajstić information content (AvgIpc) is 2.48. The Morgan fingerprint density at radius 1 is 1.19 bits per heavy atom. The van der Waals surface area contributed by atoms with Crippen LogP contribution in [0.1, 0.15) is 15.9 Å². The Labute approximate surface area is 131 Å². The smallest absolute Gasteiger partial charge is 0.253 e. The fourth-order valence-corrected chi connectivity index (χ4v) is 2.18. The van der Waals surface area contributed by atoms with Crippen LogP contribution in [0.3, 0.4) is 0 Å². The number of carbonyl (C=O) groups excluding carboxylic acids is 1. The number of hydrogen-bond donors (Lipinski definition) is 0. The third-order valence-electron chi connectivity index (χ3n) is 2.91. The van der Waals surface area contributed by atoms with Crippen LogP contribution in [-0.2, 0) is 6.61 Å². The van der Waals surface area contributed by atoms with Gasteiger partial charge in [0, 0.05) is 29.7 Å². The molecule has 0 aliphatic carbocycles. The number of carbonyl (C=O) groups is 1. The van der Waals surface area contributed by atoms with E-state index in [1.807, 2.05) is 0 Å². The molecule has 0 fully saturated rings. The summed E-state index contributed by atoms with van der Waals surface area (Å²) in [6.07, 6.45) is 0. The molecular weight excluding hydrogens is 337 g/mol. The van der Waals surface area contributed by atoms with Crippen molar-refractivity contribution in [3.8, 4) is 5.75 Å². The molecule has 1 amide bonds. The van der Waals surface area contributed by atoms with E-state index in [4.69, 9.17) is 4.74 Å². The summed E-state index contributed by atoms with van der Waals surface area (Å²) >= 11 is 3.30. The predicted octanol–water partition coefficient (Wildman–Crippen LogP) is 3.87. The van der Waals surface area contributed by atoms with Gasteiger partial charge in [0.1, 0.15) is 18.2 Å². The van der Waals surface area contributed by atoms with Gasteiger partial charge in [0.25, 0.3) is 5.91 Å². The fourth-order valence-electron chi connectivity index (χ4n) is 1.77. The summed E-state index contributed by atoms with van der Waals surface area (Å²) in [6.45, 7) is 0.131. The Hall–Kier alpha value is -1.88. The van der Waals surface area contributed by atoms with Gasteiger partial charge in [0.15, 0.2) is 0 Å². The van der Waals surface area contributed by atoms with E-state index in [9.17, 15) is 9.18 Å². The molecule has 0 heterocycles. The number of halogens is 2. The lowest BCUT2D eigenvalue weighted by Crippen LogP contribution is -2.21. The minimum absolute atomic E-state index is 0.0698. The number of rotatable bonds is 4. The van der Waals surface area contributed by atoms with Gasteiger partial charge in [-0.25, -0.2) is 4.39 Å². The molecule has 0 aliphatic heterocycles. The van der Waals surface area contributed by atoms with E-state index in [0.717, 1.165) is 4.47 Å². The number of ether oxygens (including phenoxy) is 1. The molecule has 2 rings (SSSR count). The zero-order valence-electron chi connectivity index (χ0n) is 11.8. The monoisotopic (exact) mass is 351 g/mol. The zero-order valence-corrected chi connectivity index (χ0v) is 13.4. The molecule has 3 nitrogen and oxygen atoms in total. The summed E-state index contributed by atoms with van der Waals surface area (Å²) < 4.78 is 19.9. The van der Waals surface area contributed by atoms with Crippen LogP contribution < -0.4 is 4.74 Å². The third-order valence-corrected chi connectivity index (χ3v) is 3.40. The van der Waals surface area contributed by atoms with Crippen molar-refractivity contribution in [1.29, 1.82) is 0 Å². The molecule has 0 atom stereocenters. The van der Waals surface area contributed by atoms with E-state index in [1.54, 1.807) is 50.5 Å². The highest BCUT2D eigenvalue weighted by molar-refractivity contribution is 9.10. The summed E-state index contributed by atoms with van der Waals surface area (Å²) in [7, 11) is 3.39. The Kier molecular flexibility index (Phi) is 4.96. The molecule has 0 radical (unpaired) electrons. The molecule has 110 valence electrons. The molecule has 0 spiro atoms. The molecule has 0 unspecified atom stereocenters. The minimum atomic E-state index is -0.308. The van der Waals surface area contributed by atoms with Crippen LogP contribution in [0.4, 0.5) is 4.39 Å². The first-order valence-electron chi connectivity index (χ1n) is 6.36. The van der Waals surface area contributed by atoms with E-state index >= 15 is 0 Å². The summed E-state index contributed by atoms with van der Waals surface area (Å²) in [6, 6.07) is 11.5. The van der Waals surface area contributed by atoms with Crippen LogP contribution in [0.5, 0.6) is 5.75 Å². The summed E-state index contributed by atoms with van der Waals surface area (Å²) in [5.74, 6) is 0.210. The number of benzene rings is 2. The topological polar surface area (TPSA) is 29.5 Å². The van der Waals surface area contributed by atoms with Gasteiger partial charge in [-0.1, -0.05) is 15.9 Å². The molecule has 2 aromatic carbocycles. The lowest BCUT2D eigenvalue weighted by Gasteiger charge is -2.11. The maximum atomic E-state index is 13.6. The fraction of sp³-hybridized carbons (Fsp3) is 0.188. The van der Waals surface area contributed by atoms with Crippen LogP contribution >= 0.6 is 15.9 Å². The lowest BCUT2D eigenvalue weighted by molar-refractivity contribution is 0.0827. The van der Waals surface area contributed by atoms with Crippen LogP contribution in [0.2, 0.25) is 0 Å². The molecule has 0 saturated heterocycles. The van der Waals surface area contributed by atoms with E-state index in [-0.39, 0.29) is 18.3 Å². The predicted molar refractivity (Wildman–Crippen MR) is 82.9 cm³/mol. The molecule has 0 saturated carbocycles. The van der Waals surface area contributed by atoms with Crippen molar-refractivity contribution in [2.45, 2.75) is 6.61 Å². The van der Waals surface area contributed by atoms with Crippen molar-refractivity contribution in [2.75, 3.05) is 14.1 Å². The maximum Gasteiger partial charge on any atom is 0.253 e. The Bertz CT molecular complexity index is 641. The Morgan fingerprint density at radius 3 is 2.48 bits per heavy atom. The molecule has 0 aromatic heterocycles. The first kappa shape index (κ1) is 15.5. The van der Waals surface area contributed by atoms with E-state index in [0.29, 0.717) is 16.9 Å². The molecule has 21 heavy (non-hydrogen) atoms. The van der Waals surface area contributed by atoms with Crippen molar-refractivity contribution < 1.29 is 13.9 Å². The largest absolute Gasteiger partial charge is 0.489 e. The van der Waals surface area contributed by atoms with Gasteiger partial charge < -0.3 is 9.64 Å². The molecular formula is C16H15BrFNO2. The normalized spacial score (nSPS) is 10.3. The van der Waals surface area contributed by atoms with Gasteiger partial charge in [-0.2, -0.15) is 0 Å². The van der Waals surface area contributed by atoms with Crippen LogP contribution in [0.25, 0.3) is 0 Å². The third kappa shape index (κ3) is 4.04. The molecule has 5 heteroatoms. The van der Waals surface area contributed by atoms with Crippen molar-refractivity contribution >= 4 is 21.8 Å². The first-order valence-corrected chi connectivity index (χ1v) is 7.15. The van der Waals surface area contributed by atoms with Crippen molar-refractivity contribution in [2.24, 2.45) is 0 Å². The van der Waals surface area contributed by atoms with Gasteiger partial charge in [-0.3, -0.25) is 4.79 Å². The first-order chi connectivity index (χ1) is 9.97. The Balaban J connectivity index is 2.04.